The van der Waals surface area contributed by atoms with Crippen molar-refractivity contribution >= 4 is 17.5 Å². The number of methoxy groups -OCH3 is 1. The normalized spacial score (nSPS) is 9.80. The second kappa shape index (κ2) is 8.50. The Morgan fingerprint density at radius 1 is 1.16 bits per heavy atom. The summed E-state index contributed by atoms with van der Waals surface area (Å²) in [5.74, 6) is 0.162. The molecule has 2 aromatic rings. The zero-order chi connectivity index (χ0) is 18.2. The third-order valence-corrected chi connectivity index (χ3v) is 3.63. The summed E-state index contributed by atoms with van der Waals surface area (Å²) >= 11 is 0. The van der Waals surface area contributed by atoms with Gasteiger partial charge in [0.1, 0.15) is 18.4 Å². The summed E-state index contributed by atoms with van der Waals surface area (Å²) in [7, 11) is 1.58. The maximum Gasteiger partial charge on any atom is 0.244 e. The van der Waals surface area contributed by atoms with Crippen molar-refractivity contribution in [1.29, 1.82) is 5.26 Å². The Morgan fingerprint density at radius 2 is 1.84 bits per heavy atom. The lowest BCUT2D eigenvalue weighted by molar-refractivity contribution is -0.133. The van der Waals surface area contributed by atoms with Crippen LogP contribution in [0.4, 0.5) is 5.69 Å². The van der Waals surface area contributed by atoms with Crippen LogP contribution < -0.4 is 10.1 Å². The highest BCUT2D eigenvalue weighted by Gasteiger charge is 2.15. The first-order chi connectivity index (χ1) is 12.0. The number of nitriles is 1. The van der Waals surface area contributed by atoms with Gasteiger partial charge in [-0.05, 0) is 29.8 Å². The fourth-order valence-corrected chi connectivity index (χ4v) is 2.28. The molecule has 6 nitrogen and oxygen atoms in total. The molecule has 6 heteroatoms. The monoisotopic (exact) mass is 337 g/mol. The molecule has 0 saturated heterocycles. The van der Waals surface area contributed by atoms with Crippen molar-refractivity contribution in [2.45, 2.75) is 13.5 Å². The Balaban J connectivity index is 2.04. The number of nitrogens with one attached hydrogen (secondary N) is 1. The van der Waals surface area contributed by atoms with E-state index in [2.05, 4.69) is 5.32 Å². The molecule has 25 heavy (non-hydrogen) atoms. The van der Waals surface area contributed by atoms with E-state index in [4.69, 9.17) is 10.00 Å². The molecule has 2 aromatic carbocycles. The zero-order valence-electron chi connectivity index (χ0n) is 14.2. The molecule has 0 fully saturated rings. The summed E-state index contributed by atoms with van der Waals surface area (Å²) in [5, 5.41) is 11.7. The molecular weight excluding hydrogens is 318 g/mol. The lowest BCUT2D eigenvalue weighted by atomic mass is 10.2. The van der Waals surface area contributed by atoms with Gasteiger partial charge >= 0.3 is 0 Å². The SMILES string of the molecule is COc1ccc(CN(CC(=O)Nc2ccccc2C#N)C(C)=O)cc1. The molecule has 2 amide bonds. The van der Waals surface area contributed by atoms with Gasteiger partial charge in [-0.15, -0.1) is 0 Å². The molecule has 0 aliphatic heterocycles. The van der Waals surface area contributed by atoms with E-state index in [1.54, 1.807) is 43.5 Å². The van der Waals surface area contributed by atoms with Crippen molar-refractivity contribution in [3.05, 3.63) is 59.7 Å². The maximum atomic E-state index is 12.3. The van der Waals surface area contributed by atoms with Crippen LogP contribution in [-0.2, 0) is 16.1 Å². The first-order valence-corrected chi connectivity index (χ1v) is 7.71. The van der Waals surface area contributed by atoms with Crippen molar-refractivity contribution in [1.82, 2.24) is 4.90 Å². The number of anilines is 1. The van der Waals surface area contributed by atoms with E-state index >= 15 is 0 Å². The molecular formula is C19H19N3O3. The van der Waals surface area contributed by atoms with Crippen LogP contribution in [-0.4, -0.2) is 30.4 Å². The predicted molar refractivity (Wildman–Crippen MR) is 93.9 cm³/mol. The number of ether oxygens (including phenoxy) is 1. The topological polar surface area (TPSA) is 82.4 Å². The van der Waals surface area contributed by atoms with Crippen molar-refractivity contribution < 1.29 is 14.3 Å². The maximum absolute atomic E-state index is 12.3. The van der Waals surface area contributed by atoms with Gasteiger partial charge in [-0.1, -0.05) is 24.3 Å². The molecule has 0 aliphatic carbocycles. The molecule has 0 radical (unpaired) electrons. The molecule has 1 N–H and O–H groups in total. The molecule has 0 bridgehead atoms. The van der Waals surface area contributed by atoms with Gasteiger partial charge in [0.2, 0.25) is 11.8 Å². The van der Waals surface area contributed by atoms with Gasteiger partial charge in [0.05, 0.1) is 18.4 Å². The van der Waals surface area contributed by atoms with E-state index in [9.17, 15) is 9.59 Å². The molecule has 0 spiro atoms. The summed E-state index contributed by atoms with van der Waals surface area (Å²) in [4.78, 5) is 25.5. The van der Waals surface area contributed by atoms with Crippen molar-refractivity contribution in [3.8, 4) is 11.8 Å². The molecule has 0 aliphatic rings. The highest BCUT2D eigenvalue weighted by molar-refractivity contribution is 5.95. The Labute approximate surface area is 146 Å². The van der Waals surface area contributed by atoms with Gasteiger partial charge in [0, 0.05) is 13.5 Å². The van der Waals surface area contributed by atoms with Crippen LogP contribution >= 0.6 is 0 Å². The van der Waals surface area contributed by atoms with E-state index in [0.717, 1.165) is 11.3 Å². The van der Waals surface area contributed by atoms with Crippen LogP contribution in [0.15, 0.2) is 48.5 Å². The van der Waals surface area contributed by atoms with Crippen LogP contribution in [0, 0.1) is 11.3 Å². The highest BCUT2D eigenvalue weighted by Crippen LogP contribution is 2.15. The number of para-hydroxylation sites is 1. The van der Waals surface area contributed by atoms with Crippen LogP contribution in [0.5, 0.6) is 5.75 Å². The Bertz CT molecular complexity index is 794. The number of rotatable bonds is 6. The molecule has 0 unspecified atom stereocenters. The van der Waals surface area contributed by atoms with Gasteiger partial charge in [0.15, 0.2) is 0 Å². The van der Waals surface area contributed by atoms with Gasteiger partial charge in [-0.2, -0.15) is 5.26 Å². The fourth-order valence-electron chi connectivity index (χ4n) is 2.28. The molecule has 128 valence electrons. The number of amides is 2. The number of carbonyl (C=O) groups is 2. The van der Waals surface area contributed by atoms with Crippen LogP contribution in [0.2, 0.25) is 0 Å². The number of hydrogen-bond acceptors (Lipinski definition) is 4. The number of nitrogens with zero attached hydrogens (tertiary/aromatic N) is 2. The number of carbonyl (C=O) groups excluding carboxylic acids is 2. The minimum absolute atomic E-state index is 0.0961. The summed E-state index contributed by atoms with van der Waals surface area (Å²) in [6.07, 6.45) is 0. The zero-order valence-corrected chi connectivity index (χ0v) is 14.2. The third kappa shape index (κ3) is 5.08. The average molecular weight is 337 g/mol. The van der Waals surface area contributed by atoms with Crippen LogP contribution in [0.1, 0.15) is 18.1 Å². The van der Waals surface area contributed by atoms with Crippen LogP contribution in [0.3, 0.4) is 0 Å². The van der Waals surface area contributed by atoms with E-state index < -0.39 is 0 Å². The van der Waals surface area contributed by atoms with E-state index in [-0.39, 0.29) is 18.4 Å². The number of hydrogen-bond donors (Lipinski definition) is 1. The summed E-state index contributed by atoms with van der Waals surface area (Å²) in [6.45, 7) is 1.63. The minimum atomic E-state index is -0.355. The molecule has 0 atom stereocenters. The first kappa shape index (κ1) is 18.0. The quantitative estimate of drug-likeness (QED) is 0.878. The lowest BCUT2D eigenvalue weighted by Crippen LogP contribution is -2.36. The fraction of sp³-hybridized carbons (Fsp3) is 0.211. The van der Waals surface area contributed by atoms with Gasteiger partial charge in [-0.25, -0.2) is 0 Å². The predicted octanol–water partition coefficient (Wildman–Crippen LogP) is 2.55. The second-order valence-electron chi connectivity index (χ2n) is 5.43. The van der Waals surface area contributed by atoms with E-state index in [1.165, 1.54) is 11.8 Å². The van der Waals surface area contributed by atoms with E-state index in [0.29, 0.717) is 17.8 Å². The largest absolute Gasteiger partial charge is 0.497 e. The Hall–Kier alpha value is -3.33. The average Bonchev–Trinajstić information content (AvgIpc) is 2.62. The third-order valence-electron chi connectivity index (χ3n) is 3.63. The van der Waals surface area contributed by atoms with Crippen molar-refractivity contribution in [3.63, 3.8) is 0 Å². The van der Waals surface area contributed by atoms with Crippen molar-refractivity contribution in [2.24, 2.45) is 0 Å². The smallest absolute Gasteiger partial charge is 0.244 e. The highest BCUT2D eigenvalue weighted by atomic mass is 16.5. The van der Waals surface area contributed by atoms with Gasteiger partial charge in [0.25, 0.3) is 0 Å². The van der Waals surface area contributed by atoms with Gasteiger partial charge < -0.3 is 15.0 Å². The van der Waals surface area contributed by atoms with E-state index in [1.807, 2.05) is 18.2 Å². The lowest BCUT2D eigenvalue weighted by Gasteiger charge is -2.21. The molecule has 0 saturated carbocycles. The summed E-state index contributed by atoms with van der Waals surface area (Å²) in [6, 6.07) is 16.0. The summed E-state index contributed by atoms with van der Waals surface area (Å²) < 4.78 is 5.10. The standard InChI is InChI=1S/C19H19N3O3/c1-14(23)22(12-15-7-9-17(25-2)10-8-15)13-19(24)21-18-6-4-3-5-16(18)11-20/h3-10H,12-13H2,1-2H3,(H,21,24). The summed E-state index contributed by atoms with van der Waals surface area (Å²) in [5.41, 5.74) is 1.70. The van der Waals surface area contributed by atoms with Crippen molar-refractivity contribution in [2.75, 3.05) is 19.0 Å². The molecule has 0 aromatic heterocycles. The minimum Gasteiger partial charge on any atom is -0.497 e. The Kier molecular flexibility index (Phi) is 6.13. The second-order valence-corrected chi connectivity index (χ2v) is 5.43. The Morgan fingerprint density at radius 3 is 2.44 bits per heavy atom. The molecule has 2 rings (SSSR count). The van der Waals surface area contributed by atoms with Crippen LogP contribution in [0.25, 0.3) is 0 Å². The van der Waals surface area contributed by atoms with Gasteiger partial charge in [-0.3, -0.25) is 9.59 Å². The molecule has 0 heterocycles. The number of benzene rings is 2. The first-order valence-electron chi connectivity index (χ1n) is 7.71.